The van der Waals surface area contributed by atoms with Crippen LogP contribution in [0.4, 0.5) is 0 Å². The van der Waals surface area contributed by atoms with Crippen molar-refractivity contribution in [2.24, 2.45) is 0 Å². The molecule has 29 heavy (non-hydrogen) atoms. The van der Waals surface area contributed by atoms with E-state index in [9.17, 15) is 5.11 Å². The Morgan fingerprint density at radius 3 is 2.00 bits per heavy atom. The highest BCUT2D eigenvalue weighted by Crippen LogP contribution is 2.42. The van der Waals surface area contributed by atoms with E-state index < -0.39 is 11.6 Å². The zero-order valence-corrected chi connectivity index (χ0v) is 16.7. The molecule has 0 bridgehead atoms. The zero-order chi connectivity index (χ0) is 20.3. The Labute approximate surface area is 171 Å². The minimum Gasteiger partial charge on any atom is -0.387 e. The third-order valence-electron chi connectivity index (χ3n) is 5.46. The molecule has 4 rings (SSSR count). The molecule has 0 fully saturated rings. The van der Waals surface area contributed by atoms with Gasteiger partial charge in [-0.3, -0.25) is 0 Å². The molecule has 0 saturated heterocycles. The first-order valence-electron chi connectivity index (χ1n) is 9.88. The fourth-order valence-corrected chi connectivity index (χ4v) is 4.13. The van der Waals surface area contributed by atoms with E-state index in [1.165, 1.54) is 0 Å². The van der Waals surface area contributed by atoms with E-state index in [0.717, 1.165) is 22.2 Å². The molecule has 1 N–H and O–H groups in total. The molecule has 0 aliphatic carbocycles. The van der Waals surface area contributed by atoms with Gasteiger partial charge in [-0.2, -0.15) is 0 Å². The van der Waals surface area contributed by atoms with Crippen molar-refractivity contribution in [2.75, 3.05) is 0 Å². The van der Waals surface area contributed by atoms with Crippen LogP contribution in [0.15, 0.2) is 97.1 Å². The summed E-state index contributed by atoms with van der Waals surface area (Å²) in [5.41, 5.74) is 2.67. The third-order valence-corrected chi connectivity index (χ3v) is 5.46. The minimum atomic E-state index is -1.16. The lowest BCUT2D eigenvalue weighted by Gasteiger charge is -2.39. The maximum Gasteiger partial charge on any atom is 0.113 e. The maximum atomic E-state index is 12.1. The zero-order valence-electron chi connectivity index (χ0n) is 16.7. The van der Waals surface area contributed by atoms with Gasteiger partial charge in [-0.05, 0) is 37.1 Å². The molecule has 1 aromatic heterocycles. The summed E-state index contributed by atoms with van der Waals surface area (Å²) in [6, 6.07) is 27.7. The third kappa shape index (κ3) is 3.59. The molecule has 0 saturated carbocycles. The largest absolute Gasteiger partial charge is 0.387 e. The SMILES string of the molecule is C/C=C/C(n1nnc2ccccc21)C(C)(O)C(c1ccccc1)c1ccccc1. The van der Waals surface area contributed by atoms with Crippen molar-refractivity contribution in [3.63, 3.8) is 0 Å². The molecule has 146 valence electrons. The summed E-state index contributed by atoms with van der Waals surface area (Å²) in [4.78, 5) is 0. The van der Waals surface area contributed by atoms with Crippen LogP contribution in [-0.4, -0.2) is 25.7 Å². The van der Waals surface area contributed by atoms with Crippen molar-refractivity contribution in [1.29, 1.82) is 0 Å². The average molecular weight is 383 g/mol. The fraction of sp³-hybridized carbons (Fsp3) is 0.200. The number of rotatable bonds is 6. The Morgan fingerprint density at radius 1 is 0.862 bits per heavy atom. The predicted octanol–water partition coefficient (Wildman–Crippen LogP) is 5.13. The van der Waals surface area contributed by atoms with Gasteiger partial charge in [0.1, 0.15) is 11.6 Å². The summed E-state index contributed by atoms with van der Waals surface area (Å²) in [7, 11) is 0. The summed E-state index contributed by atoms with van der Waals surface area (Å²) in [5, 5.41) is 20.8. The maximum absolute atomic E-state index is 12.1. The van der Waals surface area contributed by atoms with Crippen LogP contribution in [-0.2, 0) is 0 Å². The van der Waals surface area contributed by atoms with Gasteiger partial charge in [0.15, 0.2) is 0 Å². The average Bonchev–Trinajstić information content (AvgIpc) is 3.17. The van der Waals surface area contributed by atoms with E-state index in [4.69, 9.17) is 0 Å². The first-order valence-corrected chi connectivity index (χ1v) is 9.88. The van der Waals surface area contributed by atoms with Crippen LogP contribution in [0.2, 0.25) is 0 Å². The van der Waals surface area contributed by atoms with Gasteiger partial charge in [-0.25, -0.2) is 4.68 Å². The van der Waals surface area contributed by atoms with E-state index in [1.54, 1.807) is 0 Å². The molecule has 2 atom stereocenters. The lowest BCUT2D eigenvalue weighted by atomic mass is 9.74. The molecule has 0 amide bonds. The lowest BCUT2D eigenvalue weighted by molar-refractivity contribution is 0.00392. The van der Waals surface area contributed by atoms with Crippen LogP contribution < -0.4 is 0 Å². The Kier molecular flexibility index (Phi) is 5.28. The first kappa shape index (κ1) is 19.1. The molecule has 0 aliphatic rings. The fourth-order valence-electron chi connectivity index (χ4n) is 4.13. The molecule has 4 heteroatoms. The standard InChI is InChI=1S/C25H25N3O/c1-3-12-23(28-22-18-11-10-17-21(22)26-27-28)25(2,29)24(19-13-6-4-7-14-19)20-15-8-5-9-16-20/h3-18,23-24,29H,1-2H3/b12-3+. The van der Waals surface area contributed by atoms with Crippen LogP contribution in [0.3, 0.4) is 0 Å². The minimum absolute atomic E-state index is 0.242. The second-order valence-electron chi connectivity index (χ2n) is 7.47. The van der Waals surface area contributed by atoms with Crippen LogP contribution in [0.1, 0.15) is 36.9 Å². The molecule has 4 nitrogen and oxygen atoms in total. The summed E-state index contributed by atoms with van der Waals surface area (Å²) < 4.78 is 1.83. The molecule has 2 unspecified atom stereocenters. The van der Waals surface area contributed by atoms with Crippen molar-refractivity contribution >= 4 is 11.0 Å². The predicted molar refractivity (Wildman–Crippen MR) is 117 cm³/mol. The number of hydrogen-bond acceptors (Lipinski definition) is 3. The quantitative estimate of drug-likeness (QED) is 0.470. The van der Waals surface area contributed by atoms with Gasteiger partial charge < -0.3 is 5.11 Å². The number of aromatic nitrogens is 3. The monoisotopic (exact) mass is 383 g/mol. The van der Waals surface area contributed by atoms with Gasteiger partial charge >= 0.3 is 0 Å². The van der Waals surface area contributed by atoms with Gasteiger partial charge in [-0.1, -0.05) is 90.2 Å². The molecule has 3 aromatic carbocycles. The molecule has 0 aliphatic heterocycles. The normalized spacial score (nSPS) is 15.0. The topological polar surface area (TPSA) is 50.9 Å². The second-order valence-corrected chi connectivity index (χ2v) is 7.47. The van der Waals surface area contributed by atoms with E-state index in [-0.39, 0.29) is 5.92 Å². The molecular formula is C25H25N3O. The van der Waals surface area contributed by atoms with Crippen molar-refractivity contribution in [1.82, 2.24) is 15.0 Å². The van der Waals surface area contributed by atoms with Gasteiger partial charge in [0.05, 0.1) is 11.1 Å². The highest BCUT2D eigenvalue weighted by molar-refractivity contribution is 5.74. The van der Waals surface area contributed by atoms with Gasteiger partial charge in [0.25, 0.3) is 0 Å². The molecule has 4 aromatic rings. The summed E-state index contributed by atoms with van der Waals surface area (Å²) in [5.74, 6) is -0.242. The van der Waals surface area contributed by atoms with E-state index >= 15 is 0 Å². The lowest BCUT2D eigenvalue weighted by Crippen LogP contribution is -2.42. The van der Waals surface area contributed by atoms with Gasteiger partial charge in [0.2, 0.25) is 0 Å². The highest BCUT2D eigenvalue weighted by Gasteiger charge is 2.42. The number of para-hydroxylation sites is 1. The Bertz CT molecular complexity index is 1060. The van der Waals surface area contributed by atoms with Crippen molar-refractivity contribution in [3.8, 4) is 0 Å². The number of benzene rings is 3. The summed E-state index contributed by atoms with van der Waals surface area (Å²) in [6.45, 7) is 3.85. The Hall–Kier alpha value is -3.24. The van der Waals surface area contributed by atoms with Crippen molar-refractivity contribution < 1.29 is 5.11 Å². The molecule has 1 heterocycles. The smallest absolute Gasteiger partial charge is 0.113 e. The highest BCUT2D eigenvalue weighted by atomic mass is 16.3. The van der Waals surface area contributed by atoms with Crippen molar-refractivity contribution in [2.45, 2.75) is 31.4 Å². The summed E-state index contributed by atoms with van der Waals surface area (Å²) >= 11 is 0. The number of fused-ring (bicyclic) bond motifs is 1. The van der Waals surface area contributed by atoms with E-state index in [1.807, 2.05) is 91.3 Å². The van der Waals surface area contributed by atoms with E-state index in [2.05, 4.69) is 34.6 Å². The summed E-state index contributed by atoms with van der Waals surface area (Å²) in [6.07, 6.45) is 3.96. The number of hydrogen-bond donors (Lipinski definition) is 1. The van der Waals surface area contributed by atoms with Crippen LogP contribution in [0.25, 0.3) is 11.0 Å². The number of allylic oxidation sites excluding steroid dienone is 1. The molecular weight excluding hydrogens is 358 g/mol. The van der Waals surface area contributed by atoms with Crippen molar-refractivity contribution in [3.05, 3.63) is 108 Å². The Morgan fingerprint density at radius 2 is 1.41 bits per heavy atom. The second kappa shape index (κ2) is 8.02. The van der Waals surface area contributed by atoms with Crippen LogP contribution in [0, 0.1) is 0 Å². The number of aliphatic hydroxyl groups is 1. The van der Waals surface area contributed by atoms with Crippen LogP contribution >= 0.6 is 0 Å². The van der Waals surface area contributed by atoms with Gasteiger partial charge in [-0.15, -0.1) is 5.10 Å². The number of nitrogens with zero attached hydrogens (tertiary/aromatic N) is 3. The molecule has 0 radical (unpaired) electrons. The van der Waals surface area contributed by atoms with E-state index in [0.29, 0.717) is 0 Å². The van der Waals surface area contributed by atoms with Gasteiger partial charge in [0, 0.05) is 5.92 Å². The first-order chi connectivity index (χ1) is 14.1. The Balaban J connectivity index is 1.89. The molecule has 0 spiro atoms. The van der Waals surface area contributed by atoms with Crippen LogP contribution in [0.5, 0.6) is 0 Å².